The molecule has 1 unspecified atom stereocenters. The molecule has 17 heavy (non-hydrogen) atoms. The fourth-order valence-corrected chi connectivity index (χ4v) is 1.91. The van der Waals surface area contributed by atoms with Gasteiger partial charge in [0.05, 0.1) is 6.04 Å². The summed E-state index contributed by atoms with van der Waals surface area (Å²) in [7, 11) is 1.61. The quantitative estimate of drug-likeness (QED) is 0.817. The van der Waals surface area contributed by atoms with Gasteiger partial charge < -0.3 is 10.5 Å². The zero-order valence-electron chi connectivity index (χ0n) is 10.8. The first kappa shape index (κ1) is 13.9. The number of Topliss-reactive ketones (excluding diaryl/α,β-unsaturated/α-hetero) is 1. The number of benzene rings is 1. The van der Waals surface area contributed by atoms with Crippen molar-refractivity contribution in [1.29, 1.82) is 0 Å². The molecule has 0 bridgehead atoms. The lowest BCUT2D eigenvalue weighted by molar-refractivity contribution is -0.120. The predicted molar refractivity (Wildman–Crippen MR) is 69.1 cm³/mol. The second-order valence-corrected chi connectivity index (χ2v) is 4.53. The Kier molecular flexibility index (Phi) is 5.32. The van der Waals surface area contributed by atoms with Gasteiger partial charge in [0.1, 0.15) is 0 Å². The molecular weight excluding hydrogens is 214 g/mol. The highest BCUT2D eigenvalue weighted by Gasteiger charge is 2.13. The van der Waals surface area contributed by atoms with Gasteiger partial charge in [0.15, 0.2) is 5.78 Å². The van der Waals surface area contributed by atoms with Gasteiger partial charge in [-0.25, -0.2) is 0 Å². The van der Waals surface area contributed by atoms with Gasteiger partial charge in [-0.3, -0.25) is 4.79 Å². The Morgan fingerprint density at radius 2 is 1.88 bits per heavy atom. The van der Waals surface area contributed by atoms with Crippen molar-refractivity contribution in [3.05, 3.63) is 34.9 Å². The molecule has 3 nitrogen and oxygen atoms in total. The molecule has 0 spiro atoms. The largest absolute Gasteiger partial charge is 0.385 e. The average molecular weight is 235 g/mol. The van der Waals surface area contributed by atoms with Crippen LogP contribution >= 0.6 is 0 Å². The molecule has 1 atom stereocenters. The molecule has 0 saturated heterocycles. The standard InChI is InChI=1S/C14H21NO2/c1-10-6-11(2)8-12(7-10)9-14(16)13(15)4-5-17-3/h6-8,13H,4-5,9,15H2,1-3H3. The topological polar surface area (TPSA) is 52.3 Å². The van der Waals surface area contributed by atoms with Gasteiger partial charge in [-0.2, -0.15) is 0 Å². The van der Waals surface area contributed by atoms with Crippen LogP contribution in [-0.2, 0) is 16.0 Å². The van der Waals surface area contributed by atoms with Crippen molar-refractivity contribution in [1.82, 2.24) is 0 Å². The summed E-state index contributed by atoms with van der Waals surface area (Å²) in [6.45, 7) is 4.59. The number of nitrogens with two attached hydrogens (primary N) is 1. The Balaban J connectivity index is 2.61. The van der Waals surface area contributed by atoms with E-state index in [1.165, 1.54) is 11.1 Å². The van der Waals surface area contributed by atoms with Gasteiger partial charge in [-0.15, -0.1) is 0 Å². The second kappa shape index (κ2) is 6.52. The van der Waals surface area contributed by atoms with Crippen LogP contribution in [0.25, 0.3) is 0 Å². The number of methoxy groups -OCH3 is 1. The van der Waals surface area contributed by atoms with E-state index in [1.807, 2.05) is 26.0 Å². The van der Waals surface area contributed by atoms with E-state index in [2.05, 4.69) is 6.07 Å². The summed E-state index contributed by atoms with van der Waals surface area (Å²) in [5, 5.41) is 0. The fourth-order valence-electron chi connectivity index (χ4n) is 1.91. The molecule has 0 heterocycles. The smallest absolute Gasteiger partial charge is 0.153 e. The Labute approximate surface area is 103 Å². The lowest BCUT2D eigenvalue weighted by Gasteiger charge is -2.10. The van der Waals surface area contributed by atoms with Crippen molar-refractivity contribution < 1.29 is 9.53 Å². The normalized spacial score (nSPS) is 12.5. The number of hydrogen-bond acceptors (Lipinski definition) is 3. The summed E-state index contributed by atoms with van der Waals surface area (Å²) in [6, 6.07) is 5.75. The van der Waals surface area contributed by atoms with Crippen LogP contribution in [-0.4, -0.2) is 25.5 Å². The molecule has 0 amide bonds. The maximum Gasteiger partial charge on any atom is 0.153 e. The van der Waals surface area contributed by atoms with E-state index in [-0.39, 0.29) is 5.78 Å². The van der Waals surface area contributed by atoms with Gasteiger partial charge in [0.2, 0.25) is 0 Å². The van der Waals surface area contributed by atoms with Gasteiger partial charge in [0.25, 0.3) is 0 Å². The van der Waals surface area contributed by atoms with Crippen molar-refractivity contribution in [3.63, 3.8) is 0 Å². The van der Waals surface area contributed by atoms with E-state index >= 15 is 0 Å². The first-order valence-corrected chi connectivity index (χ1v) is 5.87. The molecule has 0 saturated carbocycles. The van der Waals surface area contributed by atoms with Gasteiger partial charge in [0, 0.05) is 20.1 Å². The number of carbonyl (C=O) groups is 1. The molecule has 2 N–H and O–H groups in total. The predicted octanol–water partition coefficient (Wildman–Crippen LogP) is 1.78. The molecule has 0 aliphatic carbocycles. The summed E-state index contributed by atoms with van der Waals surface area (Å²) in [5.74, 6) is 0.0760. The summed E-state index contributed by atoms with van der Waals surface area (Å²) in [5.41, 5.74) is 9.20. The fraction of sp³-hybridized carbons (Fsp3) is 0.500. The van der Waals surface area contributed by atoms with Gasteiger partial charge >= 0.3 is 0 Å². The molecule has 0 radical (unpaired) electrons. The van der Waals surface area contributed by atoms with Crippen molar-refractivity contribution in [2.45, 2.75) is 32.7 Å². The van der Waals surface area contributed by atoms with Crippen LogP contribution in [0.2, 0.25) is 0 Å². The number of aryl methyl sites for hydroxylation is 2. The van der Waals surface area contributed by atoms with Crippen LogP contribution in [0.3, 0.4) is 0 Å². The minimum Gasteiger partial charge on any atom is -0.385 e. The number of hydrogen-bond donors (Lipinski definition) is 1. The summed E-state index contributed by atoms with van der Waals surface area (Å²) >= 11 is 0. The van der Waals surface area contributed by atoms with E-state index in [4.69, 9.17) is 10.5 Å². The molecule has 0 fully saturated rings. The Hall–Kier alpha value is -1.19. The zero-order chi connectivity index (χ0) is 12.8. The van der Waals surface area contributed by atoms with Crippen LogP contribution in [0.5, 0.6) is 0 Å². The third kappa shape index (κ3) is 4.67. The lowest BCUT2D eigenvalue weighted by Crippen LogP contribution is -2.32. The van der Waals surface area contributed by atoms with Crippen molar-refractivity contribution >= 4 is 5.78 Å². The Morgan fingerprint density at radius 1 is 1.29 bits per heavy atom. The van der Waals surface area contributed by atoms with Crippen LogP contribution in [0.1, 0.15) is 23.1 Å². The SMILES string of the molecule is COCCC(N)C(=O)Cc1cc(C)cc(C)c1. The first-order chi connectivity index (χ1) is 8.02. The third-order valence-corrected chi connectivity index (χ3v) is 2.71. The molecule has 94 valence electrons. The highest BCUT2D eigenvalue weighted by atomic mass is 16.5. The Morgan fingerprint density at radius 3 is 2.41 bits per heavy atom. The molecular formula is C14H21NO2. The van der Waals surface area contributed by atoms with E-state index in [9.17, 15) is 4.79 Å². The molecule has 1 aromatic rings. The number of rotatable bonds is 6. The van der Waals surface area contributed by atoms with Crippen LogP contribution in [0, 0.1) is 13.8 Å². The van der Waals surface area contributed by atoms with Gasteiger partial charge in [-0.1, -0.05) is 29.3 Å². The number of ether oxygens (including phenoxy) is 1. The van der Waals surface area contributed by atoms with E-state index < -0.39 is 6.04 Å². The minimum absolute atomic E-state index is 0.0760. The molecule has 0 aromatic heterocycles. The van der Waals surface area contributed by atoms with Crippen molar-refractivity contribution in [2.75, 3.05) is 13.7 Å². The highest BCUT2D eigenvalue weighted by molar-refractivity contribution is 5.85. The van der Waals surface area contributed by atoms with E-state index in [0.717, 1.165) is 5.56 Å². The van der Waals surface area contributed by atoms with Crippen LogP contribution in [0.4, 0.5) is 0 Å². The van der Waals surface area contributed by atoms with E-state index in [1.54, 1.807) is 7.11 Å². The van der Waals surface area contributed by atoms with E-state index in [0.29, 0.717) is 19.4 Å². The molecule has 1 rings (SSSR count). The third-order valence-electron chi connectivity index (χ3n) is 2.71. The summed E-state index contributed by atoms with van der Waals surface area (Å²) in [4.78, 5) is 11.9. The number of ketones is 1. The second-order valence-electron chi connectivity index (χ2n) is 4.53. The van der Waals surface area contributed by atoms with Crippen molar-refractivity contribution in [3.8, 4) is 0 Å². The van der Waals surface area contributed by atoms with Crippen LogP contribution in [0.15, 0.2) is 18.2 Å². The minimum atomic E-state index is -0.421. The molecule has 0 aliphatic rings. The van der Waals surface area contributed by atoms with Crippen molar-refractivity contribution in [2.24, 2.45) is 5.73 Å². The monoisotopic (exact) mass is 235 g/mol. The van der Waals surface area contributed by atoms with Gasteiger partial charge in [-0.05, 0) is 25.8 Å². The lowest BCUT2D eigenvalue weighted by atomic mass is 9.99. The number of carbonyl (C=O) groups excluding carboxylic acids is 1. The molecule has 1 aromatic carbocycles. The molecule has 3 heteroatoms. The zero-order valence-corrected chi connectivity index (χ0v) is 10.8. The Bertz CT molecular complexity index is 368. The highest BCUT2D eigenvalue weighted by Crippen LogP contribution is 2.10. The summed E-state index contributed by atoms with van der Waals surface area (Å²) < 4.78 is 4.92. The first-order valence-electron chi connectivity index (χ1n) is 5.87. The molecule has 0 aliphatic heterocycles. The average Bonchev–Trinajstić information content (AvgIpc) is 2.24. The van der Waals surface area contributed by atoms with Crippen LogP contribution < -0.4 is 5.73 Å². The maximum atomic E-state index is 11.9. The summed E-state index contributed by atoms with van der Waals surface area (Å²) in [6.07, 6.45) is 0.994. The maximum absolute atomic E-state index is 11.9.